The second-order valence-corrected chi connectivity index (χ2v) is 4.12. The fourth-order valence-corrected chi connectivity index (χ4v) is 1.71. The summed E-state index contributed by atoms with van der Waals surface area (Å²) in [6.07, 6.45) is 1.09. The van der Waals surface area contributed by atoms with Gasteiger partial charge in [0.2, 0.25) is 5.88 Å². The topological polar surface area (TPSA) is 66.0 Å². The number of rotatable bonds is 4. The molecule has 4 nitrogen and oxygen atoms in total. The van der Waals surface area contributed by atoms with Gasteiger partial charge in [-0.1, -0.05) is 6.92 Å². The Morgan fingerprint density at radius 1 is 1.57 bits per heavy atom. The normalized spacial score (nSPS) is 10.4. The Morgan fingerprint density at radius 2 is 2.29 bits per heavy atom. The van der Waals surface area contributed by atoms with Crippen LogP contribution in [0.15, 0.2) is 4.79 Å². The second-order valence-electron chi connectivity index (χ2n) is 3.01. The monoisotopic (exact) mass is 214 g/mol. The van der Waals surface area contributed by atoms with Crippen molar-refractivity contribution in [2.45, 2.75) is 26.0 Å². The molecule has 5 heteroatoms. The highest BCUT2D eigenvalue weighted by molar-refractivity contribution is 7.98. The molecule has 0 aliphatic rings. The van der Waals surface area contributed by atoms with Crippen molar-refractivity contribution in [1.29, 1.82) is 0 Å². The van der Waals surface area contributed by atoms with Crippen molar-refractivity contribution < 1.29 is 5.11 Å². The summed E-state index contributed by atoms with van der Waals surface area (Å²) in [5, 5.41) is 9.30. The first kappa shape index (κ1) is 11.1. The standard InChI is InChI=1S/C9H14N2O2S/c1-3-4-14-5-7-10-8(12)6(2)9(13)11-7/h3-5H2,1-2H3,(H2,10,11,12,13). The van der Waals surface area contributed by atoms with Crippen molar-refractivity contribution in [3.05, 3.63) is 21.7 Å². The molecule has 0 saturated carbocycles. The molecule has 0 fully saturated rings. The van der Waals surface area contributed by atoms with Crippen molar-refractivity contribution in [3.63, 3.8) is 0 Å². The van der Waals surface area contributed by atoms with E-state index in [0.29, 0.717) is 11.6 Å². The number of hydrogen-bond acceptors (Lipinski definition) is 4. The van der Waals surface area contributed by atoms with Crippen LogP contribution in [0.25, 0.3) is 0 Å². The molecule has 14 heavy (non-hydrogen) atoms. The SMILES string of the molecule is CCCSCc1nc(O)c(C)c(=O)[nH]1. The Kier molecular flexibility index (Phi) is 4.00. The summed E-state index contributed by atoms with van der Waals surface area (Å²) in [5.41, 5.74) is 0.0128. The number of aromatic amines is 1. The van der Waals surface area contributed by atoms with Gasteiger partial charge in [-0.25, -0.2) is 0 Å². The van der Waals surface area contributed by atoms with Crippen LogP contribution in [-0.2, 0) is 5.75 Å². The van der Waals surface area contributed by atoms with Crippen LogP contribution in [-0.4, -0.2) is 20.8 Å². The van der Waals surface area contributed by atoms with E-state index in [1.807, 2.05) is 0 Å². The maximum Gasteiger partial charge on any atom is 0.257 e. The van der Waals surface area contributed by atoms with E-state index in [-0.39, 0.29) is 17.0 Å². The average molecular weight is 214 g/mol. The Labute approximate surface area is 86.8 Å². The van der Waals surface area contributed by atoms with E-state index in [9.17, 15) is 9.90 Å². The minimum absolute atomic E-state index is 0.166. The maximum atomic E-state index is 11.2. The molecule has 1 aromatic heterocycles. The molecule has 78 valence electrons. The lowest BCUT2D eigenvalue weighted by atomic mass is 10.3. The highest BCUT2D eigenvalue weighted by Crippen LogP contribution is 2.12. The van der Waals surface area contributed by atoms with Crippen molar-refractivity contribution in [3.8, 4) is 5.88 Å². The fourth-order valence-electron chi connectivity index (χ4n) is 0.948. The minimum atomic E-state index is -0.260. The quantitative estimate of drug-likeness (QED) is 0.744. The summed E-state index contributed by atoms with van der Waals surface area (Å²) in [4.78, 5) is 17.7. The number of H-pyrrole nitrogens is 1. The number of aromatic hydroxyl groups is 1. The summed E-state index contributed by atoms with van der Waals surface area (Å²) in [6.45, 7) is 3.64. The van der Waals surface area contributed by atoms with Crippen molar-refractivity contribution >= 4 is 11.8 Å². The van der Waals surface area contributed by atoms with Crippen LogP contribution < -0.4 is 5.56 Å². The van der Waals surface area contributed by atoms with Gasteiger partial charge in [-0.15, -0.1) is 0 Å². The van der Waals surface area contributed by atoms with Crippen LogP contribution >= 0.6 is 11.8 Å². The molecular formula is C9H14N2O2S. The Bertz CT molecular complexity index is 362. The molecule has 0 spiro atoms. The molecule has 2 N–H and O–H groups in total. The average Bonchev–Trinajstić information content (AvgIpc) is 2.14. The van der Waals surface area contributed by atoms with Gasteiger partial charge in [0.25, 0.3) is 5.56 Å². The third-order valence-electron chi connectivity index (χ3n) is 1.76. The number of nitrogens with zero attached hydrogens (tertiary/aromatic N) is 1. The summed E-state index contributed by atoms with van der Waals surface area (Å²) in [6, 6.07) is 0. The zero-order valence-electron chi connectivity index (χ0n) is 8.33. The van der Waals surface area contributed by atoms with E-state index >= 15 is 0 Å². The van der Waals surface area contributed by atoms with Crippen LogP contribution in [0.3, 0.4) is 0 Å². The molecule has 0 saturated heterocycles. The molecule has 1 heterocycles. The predicted molar refractivity (Wildman–Crippen MR) is 57.7 cm³/mol. The van der Waals surface area contributed by atoms with E-state index in [0.717, 1.165) is 12.2 Å². The molecule has 0 aliphatic carbocycles. The smallest absolute Gasteiger partial charge is 0.257 e. The molecule has 0 radical (unpaired) electrons. The zero-order valence-corrected chi connectivity index (χ0v) is 9.15. The molecule has 0 unspecified atom stereocenters. The summed E-state index contributed by atoms with van der Waals surface area (Å²) < 4.78 is 0. The van der Waals surface area contributed by atoms with E-state index in [2.05, 4.69) is 16.9 Å². The van der Waals surface area contributed by atoms with E-state index < -0.39 is 0 Å². The Balaban J connectivity index is 2.75. The highest BCUT2D eigenvalue weighted by Gasteiger charge is 2.05. The van der Waals surface area contributed by atoms with Crippen LogP contribution in [0, 0.1) is 6.92 Å². The van der Waals surface area contributed by atoms with Gasteiger partial charge in [0.1, 0.15) is 5.82 Å². The van der Waals surface area contributed by atoms with E-state index in [1.165, 1.54) is 0 Å². The predicted octanol–water partition coefficient (Wildman–Crippen LogP) is 1.43. The fraction of sp³-hybridized carbons (Fsp3) is 0.556. The van der Waals surface area contributed by atoms with E-state index in [1.54, 1.807) is 18.7 Å². The molecule has 1 aromatic rings. The first-order valence-electron chi connectivity index (χ1n) is 4.51. The van der Waals surface area contributed by atoms with E-state index in [4.69, 9.17) is 0 Å². The lowest BCUT2D eigenvalue weighted by Gasteiger charge is -2.02. The summed E-state index contributed by atoms with van der Waals surface area (Å²) >= 11 is 1.69. The van der Waals surface area contributed by atoms with Gasteiger partial charge in [0, 0.05) is 0 Å². The lowest BCUT2D eigenvalue weighted by Crippen LogP contribution is -2.13. The van der Waals surface area contributed by atoms with Crippen molar-refractivity contribution in [2.24, 2.45) is 0 Å². The third-order valence-corrected chi connectivity index (χ3v) is 2.94. The lowest BCUT2D eigenvalue weighted by molar-refractivity contribution is 0.444. The molecule has 1 rings (SSSR count). The maximum absolute atomic E-state index is 11.2. The Hall–Kier alpha value is -0.970. The summed E-state index contributed by atoms with van der Waals surface area (Å²) in [5.74, 6) is 2.03. The molecule has 0 atom stereocenters. The van der Waals surface area contributed by atoms with Gasteiger partial charge in [0.15, 0.2) is 0 Å². The van der Waals surface area contributed by atoms with Gasteiger partial charge in [-0.2, -0.15) is 16.7 Å². The van der Waals surface area contributed by atoms with Gasteiger partial charge in [-0.3, -0.25) is 4.79 Å². The van der Waals surface area contributed by atoms with Crippen molar-refractivity contribution in [2.75, 3.05) is 5.75 Å². The van der Waals surface area contributed by atoms with Crippen LogP contribution in [0.2, 0.25) is 0 Å². The van der Waals surface area contributed by atoms with Gasteiger partial charge < -0.3 is 10.1 Å². The molecule has 0 bridgehead atoms. The number of hydrogen-bond donors (Lipinski definition) is 2. The zero-order chi connectivity index (χ0) is 10.6. The first-order chi connectivity index (χ1) is 6.65. The number of nitrogens with one attached hydrogen (secondary N) is 1. The van der Waals surface area contributed by atoms with Gasteiger partial charge >= 0.3 is 0 Å². The largest absolute Gasteiger partial charge is 0.493 e. The van der Waals surface area contributed by atoms with Crippen LogP contribution in [0.4, 0.5) is 0 Å². The van der Waals surface area contributed by atoms with Crippen LogP contribution in [0.5, 0.6) is 5.88 Å². The van der Waals surface area contributed by atoms with Gasteiger partial charge in [0.05, 0.1) is 11.3 Å². The number of thioether (sulfide) groups is 1. The molecule has 0 aromatic carbocycles. The minimum Gasteiger partial charge on any atom is -0.493 e. The first-order valence-corrected chi connectivity index (χ1v) is 5.67. The van der Waals surface area contributed by atoms with Crippen molar-refractivity contribution in [1.82, 2.24) is 9.97 Å². The second kappa shape index (κ2) is 5.05. The van der Waals surface area contributed by atoms with Crippen LogP contribution in [0.1, 0.15) is 24.7 Å². The third kappa shape index (κ3) is 2.77. The molecule has 0 amide bonds. The highest BCUT2D eigenvalue weighted by atomic mass is 32.2. The Morgan fingerprint density at radius 3 is 2.86 bits per heavy atom. The summed E-state index contributed by atoms with van der Waals surface area (Å²) in [7, 11) is 0. The molecular weight excluding hydrogens is 200 g/mol. The van der Waals surface area contributed by atoms with Gasteiger partial charge in [-0.05, 0) is 19.1 Å². The molecule has 0 aliphatic heterocycles. The number of aromatic nitrogens is 2.